The molecule has 0 unspecified atom stereocenters. The largest absolute Gasteiger partial charge is 0.455 e. The Morgan fingerprint density at radius 3 is 2.28 bits per heavy atom. The SMILES string of the molecule is Cc1cc(Cl)cc(C(=O)NCc2ccc(C(F)(F)F)cc2)c1NC(=O)c1cc(Cn2nnc(C(F)(F)F)n2)nn1-c1ncccc1Cl. The molecular formula is C28H19Cl2F6N9O2. The third-order valence-corrected chi connectivity index (χ3v) is 6.97. The molecular weight excluding hydrogens is 679 g/mol. The van der Waals surface area contributed by atoms with Crippen LogP contribution in [-0.2, 0) is 25.4 Å². The number of halogens is 8. The van der Waals surface area contributed by atoms with Crippen molar-refractivity contribution < 1.29 is 35.9 Å². The number of rotatable bonds is 8. The summed E-state index contributed by atoms with van der Waals surface area (Å²) in [6, 6.07) is 11.2. The molecule has 0 aliphatic rings. The molecule has 0 radical (unpaired) electrons. The van der Waals surface area contributed by atoms with E-state index in [1.807, 2.05) is 0 Å². The number of amides is 2. The molecule has 0 bridgehead atoms. The van der Waals surface area contributed by atoms with E-state index in [4.69, 9.17) is 23.2 Å². The summed E-state index contributed by atoms with van der Waals surface area (Å²) >= 11 is 12.5. The first kappa shape index (κ1) is 33.3. The zero-order chi connectivity index (χ0) is 34.1. The van der Waals surface area contributed by atoms with E-state index in [2.05, 4.69) is 36.1 Å². The molecule has 3 aromatic heterocycles. The molecule has 2 N–H and O–H groups in total. The number of carbonyl (C=O) groups excluding carboxylic acids is 2. The minimum absolute atomic E-state index is 0.00966. The van der Waals surface area contributed by atoms with Crippen molar-refractivity contribution in [3.8, 4) is 5.82 Å². The highest BCUT2D eigenvalue weighted by atomic mass is 35.5. The Hall–Kier alpha value is -5.03. The van der Waals surface area contributed by atoms with Crippen molar-refractivity contribution in [2.24, 2.45) is 0 Å². The molecule has 0 saturated carbocycles. The van der Waals surface area contributed by atoms with Crippen LogP contribution in [0.4, 0.5) is 32.0 Å². The Kier molecular flexibility index (Phi) is 9.22. The van der Waals surface area contributed by atoms with Gasteiger partial charge in [0.05, 0.1) is 27.5 Å². The summed E-state index contributed by atoms with van der Waals surface area (Å²) in [6.07, 6.45) is -7.97. The molecule has 0 aliphatic carbocycles. The number of alkyl halides is 6. The number of carbonyl (C=O) groups is 2. The fourth-order valence-electron chi connectivity index (χ4n) is 4.29. The average molecular weight is 698 g/mol. The Morgan fingerprint density at radius 1 is 0.915 bits per heavy atom. The van der Waals surface area contributed by atoms with Gasteiger partial charge >= 0.3 is 12.4 Å². The highest BCUT2D eigenvalue weighted by molar-refractivity contribution is 6.32. The van der Waals surface area contributed by atoms with Gasteiger partial charge in [-0.3, -0.25) is 9.59 Å². The summed E-state index contributed by atoms with van der Waals surface area (Å²) in [7, 11) is 0. The zero-order valence-corrected chi connectivity index (χ0v) is 25.2. The van der Waals surface area contributed by atoms with E-state index in [9.17, 15) is 35.9 Å². The number of benzene rings is 2. The maximum Gasteiger partial charge on any atom is 0.455 e. The fourth-order valence-corrected chi connectivity index (χ4v) is 4.76. The molecule has 0 saturated heterocycles. The van der Waals surface area contributed by atoms with Gasteiger partial charge in [0.25, 0.3) is 17.6 Å². The number of aromatic nitrogens is 7. The van der Waals surface area contributed by atoms with E-state index < -0.39 is 42.1 Å². The predicted octanol–water partition coefficient (Wildman–Crippen LogP) is 6.14. The van der Waals surface area contributed by atoms with Crippen LogP contribution in [-0.4, -0.2) is 46.8 Å². The van der Waals surface area contributed by atoms with Crippen molar-refractivity contribution in [2.45, 2.75) is 32.4 Å². The standard InChI is InChI=1S/C28H19Cl2F6N9O2/c1-14-9-17(29)10-19(24(46)38-12-15-4-6-16(7-5-15)27(31,32)33)22(14)39-25(47)21-11-18(13-44-42-26(40-43-44)28(34,35)36)41-45(21)23-20(30)3-2-8-37-23/h2-11H,12-13H2,1H3,(H,38,46)(H,39,47). The van der Waals surface area contributed by atoms with Crippen LogP contribution in [0.25, 0.3) is 5.82 Å². The fraction of sp³-hybridized carbons (Fsp3) is 0.179. The van der Waals surface area contributed by atoms with Gasteiger partial charge in [-0.15, -0.1) is 10.2 Å². The van der Waals surface area contributed by atoms with Gasteiger partial charge < -0.3 is 10.6 Å². The molecule has 5 aromatic rings. The van der Waals surface area contributed by atoms with Gasteiger partial charge in [0.15, 0.2) is 5.82 Å². The Bertz CT molecular complexity index is 1960. The summed E-state index contributed by atoms with van der Waals surface area (Å²) in [5.74, 6) is -2.99. The van der Waals surface area contributed by atoms with Crippen molar-refractivity contribution in [3.63, 3.8) is 0 Å². The maximum atomic E-state index is 13.7. The molecule has 0 atom stereocenters. The van der Waals surface area contributed by atoms with Crippen LogP contribution in [0.2, 0.25) is 10.0 Å². The van der Waals surface area contributed by atoms with E-state index in [-0.39, 0.29) is 45.0 Å². The van der Waals surface area contributed by atoms with Gasteiger partial charge in [0.1, 0.15) is 12.2 Å². The van der Waals surface area contributed by atoms with E-state index in [0.717, 1.165) is 16.8 Å². The normalized spacial score (nSPS) is 11.9. The summed E-state index contributed by atoms with van der Waals surface area (Å²) < 4.78 is 78.7. The topological polar surface area (TPSA) is 133 Å². The van der Waals surface area contributed by atoms with Crippen LogP contribution in [0, 0.1) is 6.92 Å². The summed E-state index contributed by atoms with van der Waals surface area (Å²) in [4.78, 5) is 31.8. The van der Waals surface area contributed by atoms with Gasteiger partial charge in [-0.2, -0.15) is 36.2 Å². The average Bonchev–Trinajstić information content (AvgIpc) is 3.65. The zero-order valence-electron chi connectivity index (χ0n) is 23.7. The van der Waals surface area contributed by atoms with Crippen LogP contribution in [0.1, 0.15) is 49.1 Å². The first-order valence-corrected chi connectivity index (χ1v) is 14.0. The van der Waals surface area contributed by atoms with E-state index in [0.29, 0.717) is 15.9 Å². The van der Waals surface area contributed by atoms with Crippen LogP contribution in [0.5, 0.6) is 0 Å². The number of tetrazole rings is 1. The third-order valence-electron chi connectivity index (χ3n) is 6.46. The Labute approximate surface area is 270 Å². The molecule has 2 aromatic carbocycles. The third kappa shape index (κ3) is 7.69. The lowest BCUT2D eigenvalue weighted by Gasteiger charge is -2.16. The minimum atomic E-state index is -4.83. The van der Waals surface area contributed by atoms with Crippen molar-refractivity contribution >= 4 is 40.7 Å². The molecule has 3 heterocycles. The number of nitrogens with one attached hydrogen (secondary N) is 2. The second-order valence-corrected chi connectivity index (χ2v) is 10.7. The lowest BCUT2D eigenvalue weighted by atomic mass is 10.1. The summed E-state index contributed by atoms with van der Waals surface area (Å²) in [5.41, 5.74) is -0.265. The highest BCUT2D eigenvalue weighted by Gasteiger charge is 2.37. The second kappa shape index (κ2) is 13.0. The molecule has 0 aliphatic heterocycles. The molecule has 0 spiro atoms. The molecule has 5 rings (SSSR count). The number of nitrogens with zero attached hydrogens (tertiary/aromatic N) is 7. The minimum Gasteiger partial charge on any atom is -0.348 e. The summed E-state index contributed by atoms with van der Waals surface area (Å²) in [6.45, 7) is 1.01. The van der Waals surface area contributed by atoms with Crippen LogP contribution < -0.4 is 10.6 Å². The van der Waals surface area contributed by atoms with E-state index in [1.165, 1.54) is 48.7 Å². The van der Waals surface area contributed by atoms with Crippen LogP contribution in [0.3, 0.4) is 0 Å². The molecule has 0 fully saturated rings. The van der Waals surface area contributed by atoms with Gasteiger partial charge in [-0.05, 0) is 65.7 Å². The van der Waals surface area contributed by atoms with Crippen LogP contribution >= 0.6 is 23.2 Å². The molecule has 2 amide bonds. The summed E-state index contributed by atoms with van der Waals surface area (Å²) in [5, 5.41) is 19.4. The number of hydrogen-bond donors (Lipinski definition) is 2. The van der Waals surface area contributed by atoms with Gasteiger partial charge in [0, 0.05) is 17.8 Å². The molecule has 47 heavy (non-hydrogen) atoms. The number of aryl methyl sites for hydroxylation is 1. The highest BCUT2D eigenvalue weighted by Crippen LogP contribution is 2.30. The second-order valence-electron chi connectivity index (χ2n) is 9.86. The maximum absolute atomic E-state index is 13.7. The van der Waals surface area contributed by atoms with Crippen LogP contribution in [0.15, 0.2) is 60.8 Å². The Balaban J connectivity index is 1.43. The number of pyridine rings is 1. The monoisotopic (exact) mass is 697 g/mol. The van der Waals surface area contributed by atoms with Gasteiger partial charge in [-0.25, -0.2) is 9.67 Å². The first-order valence-electron chi connectivity index (χ1n) is 13.2. The molecule has 19 heteroatoms. The van der Waals surface area contributed by atoms with Gasteiger partial charge in [-0.1, -0.05) is 35.3 Å². The molecule has 244 valence electrons. The predicted molar refractivity (Wildman–Crippen MR) is 155 cm³/mol. The van der Waals surface area contributed by atoms with Crippen molar-refractivity contribution in [2.75, 3.05) is 5.32 Å². The smallest absolute Gasteiger partial charge is 0.348 e. The molecule has 11 nitrogen and oxygen atoms in total. The van der Waals surface area contributed by atoms with Crippen molar-refractivity contribution in [3.05, 3.63) is 110 Å². The quantitative estimate of drug-likeness (QED) is 0.186. The van der Waals surface area contributed by atoms with E-state index in [1.54, 1.807) is 6.92 Å². The Morgan fingerprint density at radius 2 is 1.64 bits per heavy atom. The number of hydrogen-bond acceptors (Lipinski definition) is 7. The van der Waals surface area contributed by atoms with Gasteiger partial charge in [0.2, 0.25) is 0 Å². The lowest BCUT2D eigenvalue weighted by molar-refractivity contribution is -0.145. The van der Waals surface area contributed by atoms with E-state index >= 15 is 0 Å². The number of anilines is 1. The van der Waals surface area contributed by atoms with Crippen molar-refractivity contribution in [1.29, 1.82) is 0 Å². The lowest BCUT2D eigenvalue weighted by Crippen LogP contribution is -2.26. The van der Waals surface area contributed by atoms with Crippen molar-refractivity contribution in [1.82, 2.24) is 40.3 Å². The first-order chi connectivity index (χ1) is 22.1.